The van der Waals surface area contributed by atoms with Gasteiger partial charge in [0.25, 0.3) is 0 Å². The summed E-state index contributed by atoms with van der Waals surface area (Å²) in [4.78, 5) is 18.8. The van der Waals surface area contributed by atoms with Gasteiger partial charge in [-0.3, -0.25) is 4.79 Å². The average Bonchev–Trinajstić information content (AvgIpc) is 3.13. The zero-order valence-corrected chi connectivity index (χ0v) is 17.3. The van der Waals surface area contributed by atoms with Gasteiger partial charge in [0, 0.05) is 34.7 Å². The molecular formula is C22H25N3O2S. The second-order valence-electron chi connectivity index (χ2n) is 6.78. The van der Waals surface area contributed by atoms with Crippen molar-refractivity contribution in [2.75, 3.05) is 5.32 Å². The Balaban J connectivity index is 1.50. The monoisotopic (exact) mass is 395 g/mol. The molecule has 3 aromatic rings. The van der Waals surface area contributed by atoms with E-state index in [1.807, 2.05) is 24.3 Å². The highest BCUT2D eigenvalue weighted by Crippen LogP contribution is 2.29. The van der Waals surface area contributed by atoms with Gasteiger partial charge in [-0.05, 0) is 67.8 Å². The maximum atomic E-state index is 12.2. The Hall–Kier alpha value is -2.60. The Morgan fingerprint density at radius 3 is 2.50 bits per heavy atom. The number of amides is 1. The van der Waals surface area contributed by atoms with Gasteiger partial charge in [0.2, 0.25) is 11.8 Å². The van der Waals surface area contributed by atoms with E-state index < -0.39 is 0 Å². The molecule has 0 spiro atoms. The maximum absolute atomic E-state index is 12.2. The number of carbonyl (C=O) groups is 1. The van der Waals surface area contributed by atoms with Crippen molar-refractivity contribution in [1.29, 1.82) is 0 Å². The van der Waals surface area contributed by atoms with Crippen LogP contribution in [-0.4, -0.2) is 16.0 Å². The molecule has 28 heavy (non-hydrogen) atoms. The first kappa shape index (κ1) is 20.1. The van der Waals surface area contributed by atoms with Crippen molar-refractivity contribution in [3.8, 4) is 0 Å². The molecule has 0 saturated carbocycles. The van der Waals surface area contributed by atoms with Crippen LogP contribution < -0.4 is 5.32 Å². The van der Waals surface area contributed by atoms with Crippen molar-refractivity contribution in [1.82, 2.24) is 10.1 Å². The number of aromatic nitrogens is 2. The van der Waals surface area contributed by atoms with Gasteiger partial charge in [0.05, 0.1) is 0 Å². The van der Waals surface area contributed by atoms with E-state index in [0.717, 1.165) is 23.4 Å². The minimum atomic E-state index is -0.0650. The van der Waals surface area contributed by atoms with Gasteiger partial charge in [-0.25, -0.2) is 0 Å². The molecule has 146 valence electrons. The summed E-state index contributed by atoms with van der Waals surface area (Å²) in [5.41, 5.74) is 3.37. The van der Waals surface area contributed by atoms with Crippen LogP contribution in [0.15, 0.2) is 56.8 Å². The lowest BCUT2D eigenvalue weighted by Crippen LogP contribution is -2.12. The maximum Gasteiger partial charge on any atom is 0.227 e. The van der Waals surface area contributed by atoms with E-state index in [-0.39, 0.29) is 5.91 Å². The van der Waals surface area contributed by atoms with Crippen LogP contribution in [0, 0.1) is 13.8 Å². The minimum absolute atomic E-state index is 0.0650. The zero-order valence-electron chi connectivity index (χ0n) is 16.5. The SMILES string of the molecule is CCCc1noc(CCC(=O)Nc2ccc(Sc3ccc(C)c(C)c3)cc2)n1. The van der Waals surface area contributed by atoms with Gasteiger partial charge < -0.3 is 9.84 Å². The highest BCUT2D eigenvalue weighted by Gasteiger charge is 2.09. The van der Waals surface area contributed by atoms with Gasteiger partial charge in [0.15, 0.2) is 5.82 Å². The minimum Gasteiger partial charge on any atom is -0.339 e. The third-order valence-corrected chi connectivity index (χ3v) is 5.40. The van der Waals surface area contributed by atoms with E-state index in [1.165, 1.54) is 16.0 Å². The van der Waals surface area contributed by atoms with Gasteiger partial charge in [-0.1, -0.05) is 29.9 Å². The third kappa shape index (κ3) is 5.70. The second kappa shape index (κ2) is 9.55. The van der Waals surface area contributed by atoms with Crippen molar-refractivity contribution in [2.45, 2.75) is 56.2 Å². The molecule has 0 aliphatic rings. The molecule has 0 atom stereocenters. The predicted molar refractivity (Wildman–Crippen MR) is 112 cm³/mol. The number of nitrogens with one attached hydrogen (secondary N) is 1. The summed E-state index contributed by atoms with van der Waals surface area (Å²) in [6.45, 7) is 6.30. The summed E-state index contributed by atoms with van der Waals surface area (Å²) in [5, 5.41) is 6.82. The van der Waals surface area contributed by atoms with E-state index in [2.05, 4.69) is 54.4 Å². The summed E-state index contributed by atoms with van der Waals surface area (Å²) in [5.74, 6) is 1.15. The van der Waals surface area contributed by atoms with Crippen molar-refractivity contribution in [3.63, 3.8) is 0 Å². The molecule has 0 aliphatic heterocycles. The molecule has 0 radical (unpaired) electrons. The largest absolute Gasteiger partial charge is 0.339 e. The molecule has 0 aliphatic carbocycles. The fraction of sp³-hybridized carbons (Fsp3) is 0.318. The van der Waals surface area contributed by atoms with Crippen LogP contribution in [-0.2, 0) is 17.6 Å². The van der Waals surface area contributed by atoms with Gasteiger partial charge >= 0.3 is 0 Å². The molecule has 1 heterocycles. The summed E-state index contributed by atoms with van der Waals surface area (Å²) in [6.07, 6.45) is 2.52. The zero-order chi connectivity index (χ0) is 19.9. The summed E-state index contributed by atoms with van der Waals surface area (Å²) >= 11 is 1.71. The molecule has 0 bridgehead atoms. The number of anilines is 1. The first-order valence-corrected chi connectivity index (χ1v) is 10.3. The van der Waals surface area contributed by atoms with Crippen LogP contribution in [0.5, 0.6) is 0 Å². The molecule has 0 unspecified atom stereocenters. The van der Waals surface area contributed by atoms with Crippen LogP contribution in [0.4, 0.5) is 5.69 Å². The molecule has 3 rings (SSSR count). The molecule has 2 aromatic carbocycles. The Bertz CT molecular complexity index is 935. The first-order chi connectivity index (χ1) is 13.5. The fourth-order valence-electron chi connectivity index (χ4n) is 2.68. The summed E-state index contributed by atoms with van der Waals surface area (Å²) in [7, 11) is 0. The van der Waals surface area contributed by atoms with Crippen LogP contribution in [0.2, 0.25) is 0 Å². The Kier molecular flexibility index (Phi) is 6.87. The Labute approximate surface area is 169 Å². The fourth-order valence-corrected chi connectivity index (χ4v) is 3.60. The molecule has 0 saturated heterocycles. The number of benzene rings is 2. The number of hydrogen-bond acceptors (Lipinski definition) is 5. The van der Waals surface area contributed by atoms with E-state index in [0.29, 0.717) is 24.6 Å². The predicted octanol–water partition coefficient (Wildman–Crippen LogP) is 5.36. The second-order valence-corrected chi connectivity index (χ2v) is 7.92. The standard InChI is InChI=1S/C22H25N3O2S/c1-4-5-20-24-22(27-25-20)13-12-21(26)23-17-7-10-18(11-8-17)28-19-9-6-15(2)16(3)14-19/h6-11,14H,4-5,12-13H2,1-3H3,(H,23,26). The average molecular weight is 396 g/mol. The highest BCUT2D eigenvalue weighted by atomic mass is 32.2. The van der Waals surface area contributed by atoms with Crippen molar-refractivity contribution in [2.24, 2.45) is 0 Å². The molecule has 1 amide bonds. The topological polar surface area (TPSA) is 68.0 Å². The third-order valence-electron chi connectivity index (χ3n) is 4.40. The lowest BCUT2D eigenvalue weighted by molar-refractivity contribution is -0.116. The quantitative estimate of drug-likeness (QED) is 0.556. The van der Waals surface area contributed by atoms with Crippen LogP contribution in [0.25, 0.3) is 0 Å². The van der Waals surface area contributed by atoms with Crippen LogP contribution in [0.1, 0.15) is 42.6 Å². The van der Waals surface area contributed by atoms with Crippen LogP contribution in [0.3, 0.4) is 0 Å². The van der Waals surface area contributed by atoms with Gasteiger partial charge in [-0.15, -0.1) is 0 Å². The Morgan fingerprint density at radius 1 is 1.04 bits per heavy atom. The molecule has 5 nitrogen and oxygen atoms in total. The van der Waals surface area contributed by atoms with Crippen molar-refractivity contribution >= 4 is 23.4 Å². The van der Waals surface area contributed by atoms with E-state index in [4.69, 9.17) is 4.52 Å². The van der Waals surface area contributed by atoms with Gasteiger partial charge in [0.1, 0.15) is 0 Å². The lowest BCUT2D eigenvalue weighted by Gasteiger charge is -2.07. The number of rotatable bonds is 8. The Morgan fingerprint density at radius 2 is 1.79 bits per heavy atom. The molecule has 1 N–H and O–H groups in total. The molecule has 1 aromatic heterocycles. The number of aryl methyl sites for hydroxylation is 4. The number of carbonyl (C=O) groups excluding carboxylic acids is 1. The van der Waals surface area contributed by atoms with E-state index >= 15 is 0 Å². The highest BCUT2D eigenvalue weighted by molar-refractivity contribution is 7.99. The normalized spacial score (nSPS) is 10.8. The first-order valence-electron chi connectivity index (χ1n) is 9.50. The molecule has 0 fully saturated rings. The van der Waals surface area contributed by atoms with Crippen molar-refractivity contribution in [3.05, 3.63) is 65.3 Å². The molecular weight excluding hydrogens is 370 g/mol. The smallest absolute Gasteiger partial charge is 0.227 e. The summed E-state index contributed by atoms with van der Waals surface area (Å²) in [6, 6.07) is 14.3. The summed E-state index contributed by atoms with van der Waals surface area (Å²) < 4.78 is 5.16. The van der Waals surface area contributed by atoms with Crippen LogP contribution >= 0.6 is 11.8 Å². The number of hydrogen-bond donors (Lipinski definition) is 1. The van der Waals surface area contributed by atoms with Crippen molar-refractivity contribution < 1.29 is 9.32 Å². The van der Waals surface area contributed by atoms with E-state index in [1.54, 1.807) is 11.8 Å². The van der Waals surface area contributed by atoms with E-state index in [9.17, 15) is 4.79 Å². The lowest BCUT2D eigenvalue weighted by atomic mass is 10.1. The van der Waals surface area contributed by atoms with Gasteiger partial charge in [-0.2, -0.15) is 4.98 Å². The molecule has 6 heteroatoms. The number of nitrogens with zero attached hydrogens (tertiary/aromatic N) is 2.